The fraction of sp³-hybridized carbons (Fsp3) is 0.432. The first-order valence-corrected chi connectivity index (χ1v) is 23.3. The maximum Gasteiger partial charge on any atom is 0.355 e. The zero-order chi connectivity index (χ0) is 42.6. The third-order valence-electron chi connectivity index (χ3n) is 11.5. The van der Waals surface area contributed by atoms with Crippen LogP contribution in [0.4, 0.5) is 4.39 Å². The van der Waals surface area contributed by atoms with E-state index in [0.29, 0.717) is 52.2 Å². The molecule has 1 aromatic heterocycles. The van der Waals surface area contributed by atoms with Crippen LogP contribution < -0.4 is 14.9 Å². The number of nitriles is 1. The van der Waals surface area contributed by atoms with Crippen LogP contribution in [0.15, 0.2) is 78.9 Å². The summed E-state index contributed by atoms with van der Waals surface area (Å²) in [5.74, 6) is -4.34. The van der Waals surface area contributed by atoms with Crippen molar-refractivity contribution in [1.82, 2.24) is 20.2 Å². The predicted molar refractivity (Wildman–Crippen MR) is 227 cm³/mol. The van der Waals surface area contributed by atoms with Crippen molar-refractivity contribution < 1.29 is 37.4 Å². The molecule has 316 valence electrons. The molecule has 0 aliphatic carbocycles. The standard InChI is InChI=1S/C44H48ClFN5O7PS/c1-3-20-57-44(55)27(2)49-59(56,58-34-13-5-4-6-14-34)40(46)29-16-19-38-30(21-29)23-39(60-38)41(52)48-36-15-8-7-12-33-17-18-37(51(33)42(36)53)43(54)50-25-31(24-47)35(26-50)28-10-9-11-32(45)22-28/h4-6,9-11,13-14,16,19,21-23,27,31,33,35-37,40H,3,7-8,12,15,17-18,20,25-26H2,1-2H3,(H,48,52)(H,49,56)/t27-,31+,33-,35-,36-,37-,40+,59?/m0/s1. The molecule has 4 aromatic rings. The van der Waals surface area contributed by atoms with E-state index in [1.807, 2.05) is 25.1 Å². The number of hydrogen-bond donors (Lipinski definition) is 2. The van der Waals surface area contributed by atoms with Gasteiger partial charge >= 0.3 is 13.5 Å². The molecule has 0 saturated carbocycles. The van der Waals surface area contributed by atoms with E-state index in [1.54, 1.807) is 46.2 Å². The monoisotopic (exact) mass is 875 g/mol. The molecular formula is C44H48ClFN5O7PS. The van der Waals surface area contributed by atoms with Gasteiger partial charge in [-0.25, -0.2) is 9.48 Å². The maximum atomic E-state index is 16.5. The first-order chi connectivity index (χ1) is 28.9. The number of rotatable bonds is 13. The molecule has 4 heterocycles. The fourth-order valence-corrected chi connectivity index (χ4v) is 11.5. The van der Waals surface area contributed by atoms with Crippen LogP contribution in [-0.4, -0.2) is 77.4 Å². The van der Waals surface area contributed by atoms with Crippen molar-refractivity contribution in [3.05, 3.63) is 99.9 Å². The molecule has 2 N–H and O–H groups in total. The average molecular weight is 876 g/mol. The van der Waals surface area contributed by atoms with E-state index in [4.69, 9.17) is 20.9 Å². The van der Waals surface area contributed by atoms with Gasteiger partial charge in [-0.1, -0.05) is 67.8 Å². The lowest BCUT2D eigenvalue weighted by molar-refractivity contribution is -0.146. The summed E-state index contributed by atoms with van der Waals surface area (Å²) in [7, 11) is -4.46. The van der Waals surface area contributed by atoms with E-state index in [2.05, 4.69) is 16.5 Å². The van der Waals surface area contributed by atoms with Gasteiger partial charge in [0.05, 0.1) is 23.5 Å². The molecule has 3 aliphatic heterocycles. The van der Waals surface area contributed by atoms with E-state index in [1.165, 1.54) is 42.5 Å². The zero-order valence-electron chi connectivity index (χ0n) is 33.4. The Morgan fingerprint density at radius 1 is 1.02 bits per heavy atom. The molecule has 0 radical (unpaired) electrons. The van der Waals surface area contributed by atoms with Gasteiger partial charge in [-0.05, 0) is 98.0 Å². The molecule has 0 spiro atoms. The van der Waals surface area contributed by atoms with E-state index in [9.17, 15) is 29.0 Å². The SMILES string of the molecule is CCCOC(=O)[C@H](C)NP(=O)(Oc1ccccc1)[C@@H](F)c1ccc2sc(C(=O)N[C@H]3CCCC[C@H]4CC[C@@H](C(=O)N5C[C@@H](C#N)[C@H](c6cccc(Cl)c6)C5)N4C3=O)cc2c1. The third kappa shape index (κ3) is 9.40. The number of likely N-dealkylation sites (tertiary alicyclic amines) is 1. The van der Waals surface area contributed by atoms with Crippen LogP contribution in [0.5, 0.6) is 5.75 Å². The molecule has 16 heteroatoms. The van der Waals surface area contributed by atoms with Crippen LogP contribution in [0.2, 0.25) is 5.02 Å². The quantitative estimate of drug-likeness (QED) is 0.0993. The highest BCUT2D eigenvalue weighted by Gasteiger charge is 2.48. The minimum atomic E-state index is -4.46. The fourth-order valence-electron chi connectivity index (χ4n) is 8.48. The van der Waals surface area contributed by atoms with E-state index in [0.717, 1.165) is 24.8 Å². The molecule has 1 unspecified atom stereocenters. The number of alkyl halides is 1. The van der Waals surface area contributed by atoms with Crippen molar-refractivity contribution in [1.29, 1.82) is 5.26 Å². The first kappa shape index (κ1) is 43.3. The Morgan fingerprint density at radius 2 is 1.80 bits per heavy atom. The number of halogens is 2. The maximum absolute atomic E-state index is 16.5. The second-order valence-electron chi connectivity index (χ2n) is 15.7. The molecular weight excluding hydrogens is 828 g/mol. The smallest absolute Gasteiger partial charge is 0.355 e. The highest BCUT2D eigenvalue weighted by Crippen LogP contribution is 2.58. The van der Waals surface area contributed by atoms with Gasteiger partial charge in [-0.3, -0.25) is 23.7 Å². The molecule has 3 fully saturated rings. The lowest BCUT2D eigenvalue weighted by atomic mass is 9.90. The molecule has 8 atom stereocenters. The van der Waals surface area contributed by atoms with Gasteiger partial charge in [0.2, 0.25) is 17.7 Å². The van der Waals surface area contributed by atoms with Crippen molar-refractivity contribution in [3.8, 4) is 11.8 Å². The lowest BCUT2D eigenvalue weighted by Gasteiger charge is -2.36. The van der Waals surface area contributed by atoms with E-state index < -0.39 is 49.4 Å². The second kappa shape index (κ2) is 18.9. The topological polar surface area (TPSA) is 158 Å². The Balaban J connectivity index is 1.07. The minimum absolute atomic E-state index is 0.0112. The number of para-hydroxylation sites is 1. The molecule has 60 heavy (non-hydrogen) atoms. The predicted octanol–water partition coefficient (Wildman–Crippen LogP) is 8.52. The summed E-state index contributed by atoms with van der Waals surface area (Å²) < 4.78 is 42.4. The molecule has 0 bridgehead atoms. The summed E-state index contributed by atoms with van der Waals surface area (Å²) in [5.41, 5.74) is 0.906. The number of carbonyl (C=O) groups excluding carboxylic acids is 4. The molecule has 3 aliphatic rings. The van der Waals surface area contributed by atoms with Crippen molar-refractivity contribution >= 4 is 64.2 Å². The summed E-state index contributed by atoms with van der Waals surface area (Å²) in [4.78, 5) is 58.7. The summed E-state index contributed by atoms with van der Waals surface area (Å²) in [6, 6.07) is 21.2. The van der Waals surface area contributed by atoms with Crippen molar-refractivity contribution in [2.24, 2.45) is 5.92 Å². The Labute approximate surface area is 357 Å². The highest BCUT2D eigenvalue weighted by molar-refractivity contribution is 7.57. The highest BCUT2D eigenvalue weighted by atomic mass is 35.5. The van der Waals surface area contributed by atoms with Gasteiger partial charge in [0, 0.05) is 34.8 Å². The van der Waals surface area contributed by atoms with Gasteiger partial charge in [0.25, 0.3) is 5.91 Å². The number of thiophene rings is 1. The second-order valence-corrected chi connectivity index (χ2v) is 19.3. The van der Waals surface area contributed by atoms with Gasteiger partial charge in [-0.15, -0.1) is 11.3 Å². The Hall–Kier alpha value is -4.80. The van der Waals surface area contributed by atoms with Crippen LogP contribution in [0.1, 0.15) is 91.4 Å². The summed E-state index contributed by atoms with van der Waals surface area (Å²) in [6.07, 6.45) is 4.47. The van der Waals surface area contributed by atoms with Gasteiger partial charge in [0.15, 0.2) is 0 Å². The molecule has 3 aromatic carbocycles. The number of fused-ring (bicyclic) bond motifs is 2. The molecule has 3 amide bonds. The summed E-state index contributed by atoms with van der Waals surface area (Å²) in [6.45, 7) is 4.02. The van der Waals surface area contributed by atoms with Crippen LogP contribution in [-0.2, 0) is 23.7 Å². The Morgan fingerprint density at radius 3 is 2.55 bits per heavy atom. The van der Waals surface area contributed by atoms with Gasteiger partial charge < -0.3 is 24.4 Å². The van der Waals surface area contributed by atoms with Crippen molar-refractivity contribution in [2.45, 2.75) is 94.8 Å². The summed E-state index contributed by atoms with van der Waals surface area (Å²) in [5, 5.41) is 16.6. The number of ether oxygens (including phenoxy) is 1. The molecule has 3 saturated heterocycles. The summed E-state index contributed by atoms with van der Waals surface area (Å²) >= 11 is 7.43. The third-order valence-corrected chi connectivity index (χ3v) is 15.0. The number of amides is 3. The number of benzene rings is 3. The Kier molecular flexibility index (Phi) is 13.6. The minimum Gasteiger partial charge on any atom is -0.465 e. The Bertz CT molecular complexity index is 2330. The largest absolute Gasteiger partial charge is 0.465 e. The van der Waals surface area contributed by atoms with Crippen LogP contribution in [0, 0.1) is 17.2 Å². The number of nitrogens with one attached hydrogen (secondary N) is 2. The number of esters is 1. The van der Waals surface area contributed by atoms with Crippen molar-refractivity contribution in [3.63, 3.8) is 0 Å². The number of nitrogens with zero attached hydrogens (tertiary/aromatic N) is 3. The average Bonchev–Trinajstić information content (AvgIpc) is 3.99. The van der Waals surface area contributed by atoms with Gasteiger partial charge in [0.1, 0.15) is 23.9 Å². The first-order valence-electron chi connectivity index (χ1n) is 20.4. The van der Waals surface area contributed by atoms with Gasteiger partial charge in [-0.2, -0.15) is 5.26 Å². The molecule has 7 rings (SSSR count). The lowest BCUT2D eigenvalue weighted by Crippen LogP contribution is -2.56. The zero-order valence-corrected chi connectivity index (χ0v) is 35.9. The van der Waals surface area contributed by atoms with Crippen LogP contribution in [0.3, 0.4) is 0 Å². The van der Waals surface area contributed by atoms with Crippen LogP contribution >= 0.6 is 30.5 Å². The number of hydrogen-bond acceptors (Lipinski definition) is 9. The van der Waals surface area contributed by atoms with Crippen molar-refractivity contribution in [2.75, 3.05) is 19.7 Å². The normalized spacial score (nSPS) is 23.7. The number of carbonyl (C=O) groups is 4. The van der Waals surface area contributed by atoms with E-state index >= 15 is 4.39 Å². The van der Waals surface area contributed by atoms with E-state index in [-0.39, 0.29) is 48.2 Å². The molecule has 12 nitrogen and oxygen atoms in total. The van der Waals surface area contributed by atoms with Crippen LogP contribution in [0.25, 0.3) is 10.1 Å².